The van der Waals surface area contributed by atoms with Crippen molar-refractivity contribution in [1.82, 2.24) is 5.32 Å². The number of furan rings is 1. The monoisotopic (exact) mass is 364 g/mol. The Morgan fingerprint density at radius 3 is 2.72 bits per heavy atom. The minimum atomic E-state index is -0.213. The number of aryl methyl sites for hydroxylation is 2. The van der Waals surface area contributed by atoms with Crippen molar-refractivity contribution in [3.63, 3.8) is 0 Å². The van der Waals surface area contributed by atoms with Gasteiger partial charge in [0.15, 0.2) is 5.76 Å². The number of benzene rings is 1. The standard InChI is InChI=1S/C19H24N2O3.ClH/c1-12-3-7-17(13(2)9-12)23-11-15-6-8-18(24-15)19(22)21-16(10-20)14-4-5-14;/h3,6-9,14,16H,4-5,10-11,20H2,1-2H3,(H,21,22);1H. The van der Waals surface area contributed by atoms with E-state index in [4.69, 9.17) is 14.9 Å². The average Bonchev–Trinajstić information content (AvgIpc) is 3.29. The molecule has 3 rings (SSSR count). The largest absolute Gasteiger partial charge is 0.485 e. The summed E-state index contributed by atoms with van der Waals surface area (Å²) in [6.07, 6.45) is 2.27. The fourth-order valence-corrected chi connectivity index (χ4v) is 2.80. The number of amides is 1. The van der Waals surface area contributed by atoms with E-state index >= 15 is 0 Å². The summed E-state index contributed by atoms with van der Waals surface area (Å²) in [5.41, 5.74) is 7.99. The van der Waals surface area contributed by atoms with Gasteiger partial charge in [-0.15, -0.1) is 12.4 Å². The Hall–Kier alpha value is -1.98. The van der Waals surface area contributed by atoms with E-state index in [1.54, 1.807) is 12.1 Å². The molecule has 2 aromatic rings. The quantitative estimate of drug-likeness (QED) is 0.789. The molecular formula is C19H25ClN2O3. The zero-order valence-corrected chi connectivity index (χ0v) is 15.4. The molecule has 1 aromatic heterocycles. The van der Waals surface area contributed by atoms with E-state index < -0.39 is 0 Å². The van der Waals surface area contributed by atoms with E-state index in [9.17, 15) is 4.79 Å². The molecule has 6 heteroatoms. The molecule has 1 heterocycles. The summed E-state index contributed by atoms with van der Waals surface area (Å²) in [5, 5.41) is 2.95. The van der Waals surface area contributed by atoms with Gasteiger partial charge in [0.2, 0.25) is 0 Å². The smallest absolute Gasteiger partial charge is 0.287 e. The number of nitrogens with two attached hydrogens (primary N) is 1. The van der Waals surface area contributed by atoms with Crippen molar-refractivity contribution in [2.75, 3.05) is 6.54 Å². The summed E-state index contributed by atoms with van der Waals surface area (Å²) >= 11 is 0. The molecule has 0 saturated heterocycles. The zero-order valence-electron chi connectivity index (χ0n) is 14.6. The van der Waals surface area contributed by atoms with Gasteiger partial charge in [-0.3, -0.25) is 4.79 Å². The number of hydrogen-bond donors (Lipinski definition) is 2. The van der Waals surface area contributed by atoms with Crippen molar-refractivity contribution >= 4 is 18.3 Å². The van der Waals surface area contributed by atoms with Crippen molar-refractivity contribution in [2.24, 2.45) is 11.7 Å². The van der Waals surface area contributed by atoms with Gasteiger partial charge in [0.05, 0.1) is 0 Å². The molecule has 0 aliphatic heterocycles. The summed E-state index contributed by atoms with van der Waals surface area (Å²) < 4.78 is 11.4. The minimum Gasteiger partial charge on any atom is -0.485 e. The third kappa shape index (κ3) is 5.00. The van der Waals surface area contributed by atoms with Crippen LogP contribution >= 0.6 is 12.4 Å². The maximum Gasteiger partial charge on any atom is 0.287 e. The van der Waals surface area contributed by atoms with Crippen LogP contribution in [0, 0.1) is 19.8 Å². The summed E-state index contributed by atoms with van der Waals surface area (Å²) in [5.74, 6) is 2.04. The van der Waals surface area contributed by atoms with E-state index in [1.165, 1.54) is 5.56 Å². The Morgan fingerprint density at radius 2 is 2.08 bits per heavy atom. The number of rotatable bonds is 7. The highest BCUT2D eigenvalue weighted by molar-refractivity contribution is 5.91. The molecule has 5 nitrogen and oxygen atoms in total. The second-order valence-corrected chi connectivity index (χ2v) is 6.48. The maximum atomic E-state index is 12.2. The summed E-state index contributed by atoms with van der Waals surface area (Å²) in [7, 11) is 0. The van der Waals surface area contributed by atoms with Gasteiger partial charge in [0.25, 0.3) is 5.91 Å². The van der Waals surface area contributed by atoms with Crippen LogP contribution in [-0.2, 0) is 6.61 Å². The molecule has 1 amide bonds. The summed E-state index contributed by atoms with van der Waals surface area (Å²) in [4.78, 5) is 12.2. The van der Waals surface area contributed by atoms with E-state index in [2.05, 4.69) is 11.4 Å². The Balaban J connectivity index is 0.00000225. The summed E-state index contributed by atoms with van der Waals surface area (Å²) in [6.45, 7) is 4.80. The molecule has 0 bridgehead atoms. The van der Waals surface area contributed by atoms with Gasteiger partial charge < -0.3 is 20.2 Å². The van der Waals surface area contributed by atoms with Crippen LogP contribution in [0.1, 0.15) is 40.3 Å². The molecule has 1 unspecified atom stereocenters. The Bertz CT molecular complexity index is 725. The lowest BCUT2D eigenvalue weighted by molar-refractivity contribution is 0.0901. The second-order valence-electron chi connectivity index (χ2n) is 6.48. The molecule has 0 radical (unpaired) electrons. The minimum absolute atomic E-state index is 0. The van der Waals surface area contributed by atoms with Gasteiger partial charge in [-0.1, -0.05) is 17.7 Å². The molecule has 0 spiro atoms. The van der Waals surface area contributed by atoms with E-state index in [-0.39, 0.29) is 24.4 Å². The van der Waals surface area contributed by atoms with Gasteiger partial charge in [0, 0.05) is 12.6 Å². The normalized spacial score (nSPS) is 14.5. The molecule has 25 heavy (non-hydrogen) atoms. The van der Waals surface area contributed by atoms with Crippen LogP contribution in [0.4, 0.5) is 0 Å². The zero-order chi connectivity index (χ0) is 17.1. The van der Waals surface area contributed by atoms with Crippen molar-refractivity contribution in [3.05, 3.63) is 53.0 Å². The highest BCUT2D eigenvalue weighted by Crippen LogP contribution is 2.32. The van der Waals surface area contributed by atoms with Crippen LogP contribution in [0.5, 0.6) is 5.75 Å². The predicted octanol–water partition coefficient (Wildman–Crippen LogP) is 3.36. The summed E-state index contributed by atoms with van der Waals surface area (Å²) in [6, 6.07) is 9.51. The van der Waals surface area contributed by atoms with Gasteiger partial charge >= 0.3 is 0 Å². The molecule has 1 atom stereocenters. The number of nitrogens with one attached hydrogen (secondary N) is 1. The average molecular weight is 365 g/mol. The lowest BCUT2D eigenvalue weighted by Gasteiger charge is -2.14. The topological polar surface area (TPSA) is 77.5 Å². The molecule has 1 fully saturated rings. The number of hydrogen-bond acceptors (Lipinski definition) is 4. The van der Waals surface area contributed by atoms with E-state index in [0.29, 0.717) is 30.6 Å². The molecule has 3 N–H and O–H groups in total. The van der Waals surface area contributed by atoms with Crippen LogP contribution in [-0.4, -0.2) is 18.5 Å². The molecule has 1 aromatic carbocycles. The first-order chi connectivity index (χ1) is 11.6. The van der Waals surface area contributed by atoms with Gasteiger partial charge in [-0.2, -0.15) is 0 Å². The lowest BCUT2D eigenvalue weighted by Crippen LogP contribution is -2.41. The highest BCUT2D eigenvalue weighted by Gasteiger charge is 2.31. The number of carbonyl (C=O) groups excluding carboxylic acids is 1. The lowest BCUT2D eigenvalue weighted by atomic mass is 10.1. The first-order valence-electron chi connectivity index (χ1n) is 8.36. The molecule has 1 aliphatic carbocycles. The van der Waals surface area contributed by atoms with E-state index in [1.807, 2.05) is 26.0 Å². The molecule has 136 valence electrons. The van der Waals surface area contributed by atoms with Gasteiger partial charge in [-0.25, -0.2) is 0 Å². The number of ether oxygens (including phenoxy) is 1. The van der Waals surface area contributed by atoms with Crippen LogP contribution in [0.25, 0.3) is 0 Å². The molecule has 1 saturated carbocycles. The van der Waals surface area contributed by atoms with E-state index in [0.717, 1.165) is 24.2 Å². The van der Waals surface area contributed by atoms with Crippen LogP contribution in [0.3, 0.4) is 0 Å². The fraction of sp³-hybridized carbons (Fsp3) is 0.421. The SMILES string of the molecule is Cc1ccc(OCc2ccc(C(=O)NC(CN)C3CC3)o2)c(C)c1.Cl. The van der Waals surface area contributed by atoms with Crippen molar-refractivity contribution in [2.45, 2.75) is 39.3 Å². The Morgan fingerprint density at radius 1 is 1.32 bits per heavy atom. The molecule has 1 aliphatic rings. The van der Waals surface area contributed by atoms with Crippen LogP contribution in [0.15, 0.2) is 34.7 Å². The Labute approximate surface area is 154 Å². The third-order valence-corrected chi connectivity index (χ3v) is 4.35. The van der Waals surface area contributed by atoms with Crippen molar-refractivity contribution in [3.8, 4) is 5.75 Å². The van der Waals surface area contributed by atoms with Crippen LogP contribution < -0.4 is 15.8 Å². The first kappa shape index (κ1) is 19.3. The van der Waals surface area contributed by atoms with Crippen molar-refractivity contribution in [1.29, 1.82) is 0 Å². The van der Waals surface area contributed by atoms with Crippen molar-refractivity contribution < 1.29 is 13.9 Å². The fourth-order valence-electron chi connectivity index (χ4n) is 2.80. The van der Waals surface area contributed by atoms with Gasteiger partial charge in [-0.05, 0) is 56.4 Å². The molecular weight excluding hydrogens is 340 g/mol. The van der Waals surface area contributed by atoms with Gasteiger partial charge in [0.1, 0.15) is 18.1 Å². The number of carbonyl (C=O) groups is 1. The number of halogens is 1. The third-order valence-electron chi connectivity index (χ3n) is 4.35. The Kier molecular flexibility index (Phi) is 6.51. The van der Waals surface area contributed by atoms with Crippen LogP contribution in [0.2, 0.25) is 0 Å². The first-order valence-corrected chi connectivity index (χ1v) is 8.36. The second kappa shape index (κ2) is 8.41. The predicted molar refractivity (Wildman–Crippen MR) is 99.2 cm³/mol. The highest BCUT2D eigenvalue weighted by atomic mass is 35.5. The maximum absolute atomic E-state index is 12.2.